The van der Waals surface area contributed by atoms with Gasteiger partial charge in [0.25, 0.3) is 11.8 Å². The van der Waals surface area contributed by atoms with Gasteiger partial charge in [0, 0.05) is 29.2 Å². The van der Waals surface area contributed by atoms with Crippen molar-refractivity contribution in [2.45, 2.75) is 5.16 Å². The van der Waals surface area contributed by atoms with E-state index >= 15 is 0 Å². The summed E-state index contributed by atoms with van der Waals surface area (Å²) in [5, 5.41) is 15.9. The quantitative estimate of drug-likeness (QED) is 0.341. The second-order valence-corrected chi connectivity index (χ2v) is 7.94. The van der Waals surface area contributed by atoms with E-state index in [9.17, 15) is 9.59 Å². The van der Waals surface area contributed by atoms with Crippen LogP contribution in [-0.2, 0) is 9.59 Å². The molecule has 9 nitrogen and oxygen atoms in total. The predicted molar refractivity (Wildman–Crippen MR) is 125 cm³/mol. The minimum atomic E-state index is -0.363. The molecule has 0 saturated carbocycles. The van der Waals surface area contributed by atoms with E-state index in [4.69, 9.17) is 0 Å². The molecule has 0 spiro atoms. The highest BCUT2D eigenvalue weighted by molar-refractivity contribution is 7.99. The Kier molecular flexibility index (Phi) is 5.64. The maximum absolute atomic E-state index is 12.5. The van der Waals surface area contributed by atoms with Crippen molar-refractivity contribution in [3.63, 3.8) is 0 Å². The molecule has 4 aromatic rings. The number of hydrazone groups is 1. The van der Waals surface area contributed by atoms with Gasteiger partial charge in [0.2, 0.25) is 0 Å². The molecule has 1 aliphatic rings. The van der Waals surface area contributed by atoms with Gasteiger partial charge < -0.3 is 5.32 Å². The van der Waals surface area contributed by atoms with Crippen molar-refractivity contribution in [2.24, 2.45) is 5.10 Å². The van der Waals surface area contributed by atoms with E-state index in [0.29, 0.717) is 22.2 Å². The summed E-state index contributed by atoms with van der Waals surface area (Å²) in [5.41, 5.74) is 5.70. The van der Waals surface area contributed by atoms with Crippen LogP contribution >= 0.6 is 11.8 Å². The smallest absolute Gasteiger partial charge is 0.276 e. The summed E-state index contributed by atoms with van der Waals surface area (Å²) in [5.74, 6) is -0.0276. The Morgan fingerprint density at radius 3 is 2.58 bits per heavy atom. The molecule has 2 N–H and O–H groups in total. The maximum Gasteiger partial charge on any atom is 0.276 e. The molecule has 2 amide bonds. The molecule has 10 heteroatoms. The van der Waals surface area contributed by atoms with E-state index in [-0.39, 0.29) is 23.3 Å². The molecule has 1 aliphatic heterocycles. The van der Waals surface area contributed by atoms with Gasteiger partial charge in [-0.2, -0.15) is 5.10 Å². The SMILES string of the molecule is O=C(CSc1nnc(-c2ccncc2)n1-c1ccccc1)N/N=C1\C(=O)Nc2ccccc21. The van der Waals surface area contributed by atoms with Crippen molar-refractivity contribution in [1.82, 2.24) is 25.2 Å². The highest BCUT2D eigenvalue weighted by Gasteiger charge is 2.25. The molecule has 2 aromatic carbocycles. The summed E-state index contributed by atoms with van der Waals surface area (Å²) in [4.78, 5) is 28.7. The van der Waals surface area contributed by atoms with Gasteiger partial charge in [-0.3, -0.25) is 19.1 Å². The van der Waals surface area contributed by atoms with E-state index in [1.807, 2.05) is 59.2 Å². The van der Waals surface area contributed by atoms with Gasteiger partial charge in [0.1, 0.15) is 0 Å². The second kappa shape index (κ2) is 9.05. The van der Waals surface area contributed by atoms with Crippen molar-refractivity contribution < 1.29 is 9.59 Å². The zero-order chi connectivity index (χ0) is 22.6. The van der Waals surface area contributed by atoms with Crippen LogP contribution in [0.15, 0.2) is 89.4 Å². The van der Waals surface area contributed by atoms with E-state index in [1.54, 1.807) is 24.5 Å². The molecule has 0 fully saturated rings. The number of anilines is 1. The molecule has 3 heterocycles. The predicted octanol–water partition coefficient (Wildman–Crippen LogP) is 2.89. The fraction of sp³-hybridized carbons (Fsp3) is 0.0435. The summed E-state index contributed by atoms with van der Waals surface area (Å²) < 4.78 is 1.89. The number of hydrogen-bond acceptors (Lipinski definition) is 7. The fourth-order valence-electron chi connectivity index (χ4n) is 3.36. The summed E-state index contributed by atoms with van der Waals surface area (Å²) in [6.07, 6.45) is 3.38. The average Bonchev–Trinajstić information content (AvgIpc) is 3.43. The van der Waals surface area contributed by atoms with Crippen LogP contribution in [0.3, 0.4) is 0 Å². The minimum Gasteiger partial charge on any atom is -0.320 e. The van der Waals surface area contributed by atoms with Gasteiger partial charge in [-0.1, -0.05) is 48.2 Å². The Morgan fingerprint density at radius 2 is 1.76 bits per heavy atom. The first-order valence-electron chi connectivity index (χ1n) is 10.0. The molecule has 33 heavy (non-hydrogen) atoms. The molecule has 0 radical (unpaired) electrons. The number of aromatic nitrogens is 4. The van der Waals surface area contributed by atoms with Crippen LogP contribution in [0.5, 0.6) is 0 Å². The zero-order valence-electron chi connectivity index (χ0n) is 17.2. The number of benzene rings is 2. The third-order valence-corrected chi connectivity index (χ3v) is 5.79. The van der Waals surface area contributed by atoms with Crippen molar-refractivity contribution in [3.05, 3.63) is 84.7 Å². The van der Waals surface area contributed by atoms with Gasteiger partial charge in [-0.05, 0) is 30.3 Å². The minimum absolute atomic E-state index is 0.0430. The Bertz CT molecular complexity index is 1350. The highest BCUT2D eigenvalue weighted by atomic mass is 32.2. The third kappa shape index (κ3) is 4.23. The number of fused-ring (bicyclic) bond motifs is 1. The molecule has 5 rings (SSSR count). The van der Waals surface area contributed by atoms with Crippen LogP contribution in [0, 0.1) is 0 Å². The molecule has 162 valence electrons. The lowest BCUT2D eigenvalue weighted by Crippen LogP contribution is -2.24. The standard InChI is InChI=1S/C23H17N7O2S/c31-19(26-27-20-17-8-4-5-9-18(17)25-22(20)32)14-33-23-29-28-21(15-10-12-24-13-11-15)30(23)16-6-2-1-3-7-16/h1-13H,14H2,(H,26,31)(H,25,27,32). The topological polar surface area (TPSA) is 114 Å². The number of rotatable bonds is 6. The molecule has 0 unspecified atom stereocenters. The molecule has 2 aromatic heterocycles. The van der Waals surface area contributed by atoms with Gasteiger partial charge >= 0.3 is 0 Å². The molecule has 0 saturated heterocycles. The lowest BCUT2D eigenvalue weighted by atomic mass is 10.1. The first-order chi connectivity index (χ1) is 16.2. The molecule has 0 bridgehead atoms. The number of carbonyl (C=O) groups excluding carboxylic acids is 2. The summed E-state index contributed by atoms with van der Waals surface area (Å²) in [6.45, 7) is 0. The van der Waals surface area contributed by atoms with Gasteiger partial charge in [0.15, 0.2) is 16.7 Å². The number of thioether (sulfide) groups is 1. The molecule has 0 aliphatic carbocycles. The van der Waals surface area contributed by atoms with E-state index in [0.717, 1.165) is 11.3 Å². The normalized spacial score (nSPS) is 13.6. The van der Waals surface area contributed by atoms with Crippen LogP contribution in [0.2, 0.25) is 0 Å². The lowest BCUT2D eigenvalue weighted by Gasteiger charge is -2.10. The van der Waals surface area contributed by atoms with Crippen LogP contribution < -0.4 is 10.7 Å². The lowest BCUT2D eigenvalue weighted by molar-refractivity contribution is -0.118. The number of hydrogen-bond donors (Lipinski definition) is 2. The van der Waals surface area contributed by atoms with E-state index < -0.39 is 0 Å². The van der Waals surface area contributed by atoms with Crippen molar-refractivity contribution in [1.29, 1.82) is 0 Å². The number of pyridine rings is 1. The summed E-state index contributed by atoms with van der Waals surface area (Å²) in [7, 11) is 0. The highest BCUT2D eigenvalue weighted by Crippen LogP contribution is 2.27. The van der Waals surface area contributed by atoms with Crippen molar-refractivity contribution >= 4 is 35.0 Å². The monoisotopic (exact) mass is 455 g/mol. The molecule has 0 atom stereocenters. The Labute approximate surface area is 193 Å². The van der Waals surface area contributed by atoms with Crippen LogP contribution in [-0.4, -0.2) is 43.0 Å². The van der Waals surface area contributed by atoms with Crippen LogP contribution in [0.1, 0.15) is 5.56 Å². The Hall–Kier alpha value is -4.31. The number of nitrogens with one attached hydrogen (secondary N) is 2. The van der Waals surface area contributed by atoms with Crippen LogP contribution in [0.25, 0.3) is 17.1 Å². The second-order valence-electron chi connectivity index (χ2n) is 7.00. The Balaban J connectivity index is 1.35. The van der Waals surface area contributed by atoms with Gasteiger partial charge in [0.05, 0.1) is 11.4 Å². The van der Waals surface area contributed by atoms with Crippen LogP contribution in [0.4, 0.5) is 5.69 Å². The van der Waals surface area contributed by atoms with Gasteiger partial charge in [-0.25, -0.2) is 5.43 Å². The number of carbonyl (C=O) groups is 2. The number of amides is 2. The number of para-hydroxylation sites is 2. The first-order valence-corrected chi connectivity index (χ1v) is 11.0. The first kappa shape index (κ1) is 20.6. The van der Waals surface area contributed by atoms with Crippen molar-refractivity contribution in [3.8, 4) is 17.1 Å². The Morgan fingerprint density at radius 1 is 1.00 bits per heavy atom. The fourth-order valence-corrected chi connectivity index (χ4v) is 4.10. The average molecular weight is 456 g/mol. The number of nitrogens with zero attached hydrogens (tertiary/aromatic N) is 5. The summed E-state index contributed by atoms with van der Waals surface area (Å²) >= 11 is 1.23. The summed E-state index contributed by atoms with van der Waals surface area (Å²) in [6, 6.07) is 20.6. The van der Waals surface area contributed by atoms with Gasteiger partial charge in [-0.15, -0.1) is 10.2 Å². The third-order valence-electron chi connectivity index (χ3n) is 4.86. The maximum atomic E-state index is 12.5. The van der Waals surface area contributed by atoms with Crippen molar-refractivity contribution in [2.75, 3.05) is 11.1 Å². The van der Waals surface area contributed by atoms with E-state index in [1.165, 1.54) is 11.8 Å². The molecular formula is C23H17N7O2S. The van der Waals surface area contributed by atoms with E-state index in [2.05, 4.69) is 31.0 Å². The zero-order valence-corrected chi connectivity index (χ0v) is 18.0. The largest absolute Gasteiger partial charge is 0.320 e. The molecular weight excluding hydrogens is 438 g/mol.